The van der Waals surface area contributed by atoms with E-state index >= 15 is 0 Å². The molecule has 2 aromatic rings. The van der Waals surface area contributed by atoms with Gasteiger partial charge in [0.25, 0.3) is 0 Å². The van der Waals surface area contributed by atoms with Crippen LogP contribution in [0.2, 0.25) is 0 Å². The van der Waals surface area contributed by atoms with Crippen molar-refractivity contribution in [1.82, 2.24) is 10.2 Å². The first-order valence-electron chi connectivity index (χ1n) is 7.76. The van der Waals surface area contributed by atoms with Crippen molar-refractivity contribution in [2.45, 2.75) is 6.54 Å². The molecule has 0 unspecified atom stereocenters. The zero-order valence-corrected chi connectivity index (χ0v) is 13.1. The van der Waals surface area contributed by atoms with Crippen LogP contribution in [0, 0.1) is 5.82 Å². The number of nitrogens with zero attached hydrogens (tertiary/aromatic N) is 2. The van der Waals surface area contributed by atoms with Gasteiger partial charge in [0, 0.05) is 25.3 Å². The number of halogens is 1. The topological polar surface area (TPSA) is 52.7 Å². The Labute approximate surface area is 139 Å². The van der Waals surface area contributed by atoms with E-state index in [1.54, 1.807) is 12.1 Å². The average Bonchev–Trinajstić information content (AvgIpc) is 2.60. The molecule has 2 aromatic carbocycles. The van der Waals surface area contributed by atoms with Crippen LogP contribution in [0.25, 0.3) is 0 Å². The van der Waals surface area contributed by atoms with Crippen molar-refractivity contribution in [3.8, 4) is 0 Å². The Morgan fingerprint density at radius 1 is 1.08 bits per heavy atom. The molecule has 6 heteroatoms. The van der Waals surface area contributed by atoms with Gasteiger partial charge in [-0.15, -0.1) is 0 Å². The smallest absolute Gasteiger partial charge is 0.318 e. The Bertz CT molecular complexity index is 736. The number of amides is 3. The SMILES string of the molecule is O=C(NCc1ccccc1)N1CCN(c2cccc(F)c2)C(=O)C1. The van der Waals surface area contributed by atoms with Gasteiger partial charge in [-0.3, -0.25) is 4.79 Å². The number of urea groups is 1. The van der Waals surface area contributed by atoms with Crippen molar-refractivity contribution in [3.05, 3.63) is 66.0 Å². The highest BCUT2D eigenvalue weighted by atomic mass is 19.1. The Hall–Kier alpha value is -2.89. The third kappa shape index (κ3) is 3.71. The van der Waals surface area contributed by atoms with Gasteiger partial charge in [0.05, 0.1) is 0 Å². The summed E-state index contributed by atoms with van der Waals surface area (Å²) in [4.78, 5) is 27.5. The molecule has 1 fully saturated rings. The van der Waals surface area contributed by atoms with E-state index in [-0.39, 0.29) is 24.3 Å². The van der Waals surface area contributed by atoms with Crippen LogP contribution in [0.4, 0.5) is 14.9 Å². The highest BCUT2D eigenvalue weighted by molar-refractivity contribution is 5.97. The number of hydrogen-bond donors (Lipinski definition) is 1. The predicted octanol–water partition coefficient (Wildman–Crippen LogP) is 2.38. The van der Waals surface area contributed by atoms with E-state index in [2.05, 4.69) is 5.32 Å². The van der Waals surface area contributed by atoms with Crippen LogP contribution in [-0.2, 0) is 11.3 Å². The summed E-state index contributed by atoms with van der Waals surface area (Å²) < 4.78 is 13.3. The largest absolute Gasteiger partial charge is 0.334 e. The van der Waals surface area contributed by atoms with Crippen LogP contribution >= 0.6 is 0 Å². The van der Waals surface area contributed by atoms with Crippen LogP contribution in [0.1, 0.15) is 5.56 Å². The fourth-order valence-electron chi connectivity index (χ4n) is 2.65. The Kier molecular flexibility index (Phi) is 4.74. The zero-order chi connectivity index (χ0) is 16.9. The lowest BCUT2D eigenvalue weighted by Crippen LogP contribution is -2.54. The zero-order valence-electron chi connectivity index (χ0n) is 13.1. The number of nitrogens with one attached hydrogen (secondary N) is 1. The van der Waals surface area contributed by atoms with E-state index in [0.29, 0.717) is 25.3 Å². The number of piperazine rings is 1. The van der Waals surface area contributed by atoms with Crippen LogP contribution in [-0.4, -0.2) is 36.5 Å². The molecule has 3 rings (SSSR count). The standard InChI is InChI=1S/C18H18FN3O2/c19-15-7-4-8-16(11-15)22-10-9-21(13-17(22)23)18(24)20-12-14-5-2-1-3-6-14/h1-8,11H,9-10,12-13H2,(H,20,24). The first-order chi connectivity index (χ1) is 11.6. The summed E-state index contributed by atoms with van der Waals surface area (Å²) >= 11 is 0. The maximum atomic E-state index is 13.3. The van der Waals surface area contributed by atoms with Crippen molar-refractivity contribution in [2.75, 3.05) is 24.5 Å². The quantitative estimate of drug-likeness (QED) is 0.941. The molecule has 1 saturated heterocycles. The van der Waals surface area contributed by atoms with E-state index in [1.165, 1.54) is 21.9 Å². The molecular weight excluding hydrogens is 309 g/mol. The molecule has 0 saturated carbocycles. The second kappa shape index (κ2) is 7.12. The van der Waals surface area contributed by atoms with E-state index < -0.39 is 0 Å². The molecule has 5 nitrogen and oxygen atoms in total. The van der Waals surface area contributed by atoms with Gasteiger partial charge in [0.2, 0.25) is 5.91 Å². The second-order valence-electron chi connectivity index (χ2n) is 5.59. The molecule has 0 aromatic heterocycles. The monoisotopic (exact) mass is 327 g/mol. The Balaban J connectivity index is 1.57. The first kappa shape index (κ1) is 16.0. The molecular formula is C18H18FN3O2. The maximum absolute atomic E-state index is 13.3. The molecule has 0 radical (unpaired) electrons. The second-order valence-corrected chi connectivity index (χ2v) is 5.59. The molecule has 3 amide bonds. The van der Waals surface area contributed by atoms with E-state index in [9.17, 15) is 14.0 Å². The summed E-state index contributed by atoms with van der Waals surface area (Å²) in [6.45, 7) is 1.15. The van der Waals surface area contributed by atoms with Gasteiger partial charge in [-0.1, -0.05) is 36.4 Å². The van der Waals surface area contributed by atoms with Crippen LogP contribution in [0.5, 0.6) is 0 Å². The molecule has 124 valence electrons. The van der Waals surface area contributed by atoms with Gasteiger partial charge in [-0.25, -0.2) is 9.18 Å². The van der Waals surface area contributed by atoms with Crippen molar-refractivity contribution in [2.24, 2.45) is 0 Å². The third-order valence-corrected chi connectivity index (χ3v) is 3.91. The fourth-order valence-corrected chi connectivity index (χ4v) is 2.65. The summed E-state index contributed by atoms with van der Waals surface area (Å²) in [5.74, 6) is -0.606. The van der Waals surface area contributed by atoms with Crippen LogP contribution in [0.3, 0.4) is 0 Å². The average molecular weight is 327 g/mol. The van der Waals surface area contributed by atoms with Crippen molar-refractivity contribution in [1.29, 1.82) is 0 Å². The molecule has 0 atom stereocenters. The highest BCUT2D eigenvalue weighted by Crippen LogP contribution is 2.18. The molecule has 1 aliphatic rings. The molecule has 0 spiro atoms. The molecule has 1 aliphatic heterocycles. The predicted molar refractivity (Wildman–Crippen MR) is 89.0 cm³/mol. The number of carbonyl (C=O) groups is 2. The molecule has 0 aliphatic carbocycles. The van der Waals surface area contributed by atoms with Crippen LogP contribution in [0.15, 0.2) is 54.6 Å². The first-order valence-corrected chi connectivity index (χ1v) is 7.76. The van der Waals surface area contributed by atoms with Gasteiger partial charge >= 0.3 is 6.03 Å². The number of hydrogen-bond acceptors (Lipinski definition) is 2. The summed E-state index contributed by atoms with van der Waals surface area (Å²) in [5.41, 5.74) is 1.51. The summed E-state index contributed by atoms with van der Waals surface area (Å²) in [7, 11) is 0. The maximum Gasteiger partial charge on any atom is 0.318 e. The molecule has 1 heterocycles. The van der Waals surface area contributed by atoms with Crippen molar-refractivity contribution >= 4 is 17.6 Å². The Morgan fingerprint density at radius 2 is 1.88 bits per heavy atom. The lowest BCUT2D eigenvalue weighted by Gasteiger charge is -2.34. The van der Waals surface area contributed by atoms with Gasteiger partial charge in [-0.05, 0) is 23.8 Å². The highest BCUT2D eigenvalue weighted by Gasteiger charge is 2.28. The van der Waals surface area contributed by atoms with Gasteiger partial charge in [0.15, 0.2) is 0 Å². The number of anilines is 1. The minimum absolute atomic E-state index is 0.0167. The molecule has 24 heavy (non-hydrogen) atoms. The number of carbonyl (C=O) groups excluding carboxylic acids is 2. The summed E-state index contributed by atoms with van der Waals surface area (Å²) in [6, 6.07) is 15.2. The summed E-state index contributed by atoms with van der Waals surface area (Å²) in [5, 5.41) is 2.81. The summed E-state index contributed by atoms with van der Waals surface area (Å²) in [6.07, 6.45) is 0. The number of benzene rings is 2. The minimum atomic E-state index is -0.386. The fraction of sp³-hybridized carbons (Fsp3) is 0.222. The Morgan fingerprint density at radius 3 is 2.58 bits per heavy atom. The molecule has 0 bridgehead atoms. The van der Waals surface area contributed by atoms with E-state index in [1.807, 2.05) is 30.3 Å². The lowest BCUT2D eigenvalue weighted by molar-refractivity contribution is -0.120. The van der Waals surface area contributed by atoms with E-state index in [4.69, 9.17) is 0 Å². The van der Waals surface area contributed by atoms with Gasteiger partial charge in [-0.2, -0.15) is 0 Å². The third-order valence-electron chi connectivity index (χ3n) is 3.91. The lowest BCUT2D eigenvalue weighted by atomic mass is 10.2. The number of rotatable bonds is 3. The molecule has 1 N–H and O–H groups in total. The van der Waals surface area contributed by atoms with Gasteiger partial charge in [0.1, 0.15) is 12.4 Å². The van der Waals surface area contributed by atoms with Crippen LogP contribution < -0.4 is 10.2 Å². The van der Waals surface area contributed by atoms with E-state index in [0.717, 1.165) is 5.56 Å². The minimum Gasteiger partial charge on any atom is -0.334 e. The van der Waals surface area contributed by atoms with Gasteiger partial charge < -0.3 is 15.1 Å². The van der Waals surface area contributed by atoms with Crippen molar-refractivity contribution in [3.63, 3.8) is 0 Å². The van der Waals surface area contributed by atoms with Crippen molar-refractivity contribution < 1.29 is 14.0 Å². The normalized spacial score (nSPS) is 14.6.